The van der Waals surface area contributed by atoms with Crippen LogP contribution in [0, 0.1) is 0 Å². The maximum Gasteiger partial charge on any atom is 0.160 e. The Hall–Kier alpha value is -8.14. The summed E-state index contributed by atoms with van der Waals surface area (Å²) >= 11 is 0. The first-order chi connectivity index (χ1) is 30.2. The molecule has 2 aromatic heterocycles. The molecule has 3 nitrogen and oxygen atoms in total. The molecule has 12 aromatic rings. The number of aromatic nitrogens is 3. The first-order valence-corrected chi connectivity index (χ1v) is 20.8. The molecule has 0 saturated carbocycles. The van der Waals surface area contributed by atoms with Crippen molar-refractivity contribution >= 4 is 54.1 Å². The Morgan fingerprint density at radius 2 is 0.770 bits per heavy atom. The predicted molar refractivity (Wildman–Crippen MR) is 256 cm³/mol. The number of hydrogen-bond donors (Lipinski definition) is 0. The molecule has 0 aliphatic rings. The van der Waals surface area contributed by atoms with Crippen molar-refractivity contribution in [3.8, 4) is 61.8 Å². The fourth-order valence-corrected chi connectivity index (χ4v) is 9.32. The number of para-hydroxylation sites is 1. The lowest BCUT2D eigenvalue weighted by atomic mass is 9.88. The van der Waals surface area contributed by atoms with E-state index >= 15 is 0 Å². The molecule has 284 valence electrons. The van der Waals surface area contributed by atoms with Gasteiger partial charge in [-0.1, -0.05) is 188 Å². The quantitative estimate of drug-likeness (QED) is 0.158. The summed E-state index contributed by atoms with van der Waals surface area (Å²) in [5.41, 5.74) is 13.2. The topological polar surface area (TPSA) is 30.7 Å². The average molecular weight is 776 g/mol. The Morgan fingerprint density at radius 3 is 1.46 bits per heavy atom. The molecule has 0 bridgehead atoms. The van der Waals surface area contributed by atoms with Crippen molar-refractivity contribution in [2.24, 2.45) is 0 Å². The molecule has 0 aliphatic heterocycles. The van der Waals surface area contributed by atoms with Gasteiger partial charge >= 0.3 is 0 Å². The van der Waals surface area contributed by atoms with Crippen LogP contribution in [0.1, 0.15) is 0 Å². The third-order valence-corrected chi connectivity index (χ3v) is 12.2. The molecule has 0 radical (unpaired) electrons. The molecule has 0 amide bonds. The van der Waals surface area contributed by atoms with Crippen LogP contribution in [0.5, 0.6) is 0 Å². The molecule has 0 fully saturated rings. The molecule has 2 heterocycles. The smallest absolute Gasteiger partial charge is 0.160 e. The maximum absolute atomic E-state index is 5.20. The van der Waals surface area contributed by atoms with Gasteiger partial charge in [0.1, 0.15) is 0 Å². The van der Waals surface area contributed by atoms with Gasteiger partial charge in [0.25, 0.3) is 0 Å². The zero-order valence-electron chi connectivity index (χ0n) is 33.2. The minimum atomic E-state index is 0.703. The van der Waals surface area contributed by atoms with Crippen molar-refractivity contribution in [3.05, 3.63) is 224 Å². The van der Waals surface area contributed by atoms with E-state index in [-0.39, 0.29) is 0 Å². The monoisotopic (exact) mass is 775 g/mol. The van der Waals surface area contributed by atoms with E-state index in [1.807, 2.05) is 12.1 Å². The second-order valence-electron chi connectivity index (χ2n) is 15.7. The van der Waals surface area contributed by atoms with Gasteiger partial charge in [0.15, 0.2) is 5.82 Å². The Kier molecular flexibility index (Phi) is 8.17. The minimum Gasteiger partial charge on any atom is -0.309 e. The highest BCUT2D eigenvalue weighted by molar-refractivity contribution is 6.29. The Bertz CT molecular complexity index is 3550. The second-order valence-corrected chi connectivity index (χ2v) is 15.7. The molecular formula is C58H37N3. The van der Waals surface area contributed by atoms with Crippen LogP contribution >= 0.6 is 0 Å². The van der Waals surface area contributed by atoms with Crippen molar-refractivity contribution in [2.45, 2.75) is 0 Å². The molecule has 0 N–H and O–H groups in total. The number of rotatable bonds is 6. The average Bonchev–Trinajstić information content (AvgIpc) is 3.68. The summed E-state index contributed by atoms with van der Waals surface area (Å²) in [7, 11) is 0. The zero-order valence-corrected chi connectivity index (χ0v) is 33.2. The molecule has 61 heavy (non-hydrogen) atoms. The number of nitrogens with zero attached hydrogens (tertiary/aromatic N) is 3. The number of benzene rings is 10. The van der Waals surface area contributed by atoms with Gasteiger partial charge in [-0.05, 0) is 91.0 Å². The minimum absolute atomic E-state index is 0.703. The van der Waals surface area contributed by atoms with Crippen molar-refractivity contribution in [1.29, 1.82) is 0 Å². The van der Waals surface area contributed by atoms with Crippen molar-refractivity contribution in [2.75, 3.05) is 0 Å². The van der Waals surface area contributed by atoms with Gasteiger partial charge < -0.3 is 4.57 Å². The molecule has 12 rings (SSSR count). The van der Waals surface area contributed by atoms with Gasteiger partial charge in [-0.25, -0.2) is 9.97 Å². The SMILES string of the molecule is c1ccc(-c2ccc(-n3c4ccccc4c4ccc(-c5cccc6c7ccccc7c7cc(-c8nc(-c9ccccc9)cc(-c9ccccc9)n8)ccc7c56)cc43)cc2)cc1. The lowest BCUT2D eigenvalue weighted by Gasteiger charge is -2.16. The first kappa shape index (κ1) is 34.9. The third-order valence-electron chi connectivity index (χ3n) is 12.2. The summed E-state index contributed by atoms with van der Waals surface area (Å²) in [5.74, 6) is 0.703. The molecule has 0 aliphatic carbocycles. The highest BCUT2D eigenvalue weighted by atomic mass is 15.0. The summed E-state index contributed by atoms with van der Waals surface area (Å²) < 4.78 is 2.42. The van der Waals surface area contributed by atoms with Gasteiger partial charge in [-0.2, -0.15) is 0 Å². The van der Waals surface area contributed by atoms with Gasteiger partial charge in [-0.3, -0.25) is 0 Å². The highest BCUT2D eigenvalue weighted by Crippen LogP contribution is 2.43. The maximum atomic E-state index is 5.20. The molecular weight excluding hydrogens is 739 g/mol. The van der Waals surface area contributed by atoms with E-state index in [4.69, 9.17) is 9.97 Å². The van der Waals surface area contributed by atoms with Crippen molar-refractivity contribution < 1.29 is 0 Å². The molecule has 3 heteroatoms. The fourth-order valence-electron chi connectivity index (χ4n) is 9.32. The van der Waals surface area contributed by atoms with Crippen molar-refractivity contribution in [3.63, 3.8) is 0 Å². The van der Waals surface area contributed by atoms with E-state index in [2.05, 4.69) is 217 Å². The lowest BCUT2D eigenvalue weighted by molar-refractivity contribution is 1.18. The summed E-state index contributed by atoms with van der Waals surface area (Å²) in [5, 5.41) is 9.76. The van der Waals surface area contributed by atoms with Crippen LogP contribution in [-0.4, -0.2) is 14.5 Å². The van der Waals surface area contributed by atoms with Gasteiger partial charge in [0, 0.05) is 33.2 Å². The number of fused-ring (bicyclic) bond motifs is 9. The van der Waals surface area contributed by atoms with Crippen LogP contribution in [0.15, 0.2) is 224 Å². The van der Waals surface area contributed by atoms with Crippen molar-refractivity contribution in [1.82, 2.24) is 14.5 Å². The fraction of sp³-hybridized carbons (Fsp3) is 0. The second kappa shape index (κ2) is 14.3. The largest absolute Gasteiger partial charge is 0.309 e. The van der Waals surface area contributed by atoms with Gasteiger partial charge in [0.05, 0.1) is 22.4 Å². The van der Waals surface area contributed by atoms with Crippen LogP contribution in [0.4, 0.5) is 0 Å². The molecule has 0 saturated heterocycles. The van der Waals surface area contributed by atoms with Crippen LogP contribution in [0.2, 0.25) is 0 Å². The predicted octanol–water partition coefficient (Wildman–Crippen LogP) is 15.4. The van der Waals surface area contributed by atoms with Crippen LogP contribution in [0.3, 0.4) is 0 Å². The van der Waals surface area contributed by atoms with Crippen LogP contribution < -0.4 is 0 Å². The highest BCUT2D eigenvalue weighted by Gasteiger charge is 2.18. The molecule has 10 aromatic carbocycles. The van der Waals surface area contributed by atoms with Gasteiger partial charge in [-0.15, -0.1) is 0 Å². The molecule has 0 atom stereocenters. The van der Waals surface area contributed by atoms with E-state index in [1.165, 1.54) is 76.4 Å². The van der Waals surface area contributed by atoms with E-state index in [1.54, 1.807) is 0 Å². The number of hydrogen-bond acceptors (Lipinski definition) is 2. The normalized spacial score (nSPS) is 11.6. The molecule has 0 spiro atoms. The Labute approximate surface area is 353 Å². The molecule has 0 unspecified atom stereocenters. The standard InChI is InChI=1S/C58H37N3/c1-4-15-38(16-5-1)39-27-31-44(32-28-39)61-55-26-13-12-23-48(55)49-33-29-42(36-56(49)61)45-24-14-25-50-46-21-10-11-22-47(46)52-35-43(30-34-51(52)57(45)50)58-59-53(40-17-6-2-7-18-40)37-54(60-58)41-19-8-3-9-20-41/h1-37H. The summed E-state index contributed by atoms with van der Waals surface area (Å²) in [6, 6.07) is 80.5. The van der Waals surface area contributed by atoms with Crippen LogP contribution in [0.25, 0.3) is 116 Å². The summed E-state index contributed by atoms with van der Waals surface area (Å²) in [6.45, 7) is 0. The Balaban J connectivity index is 1.06. The summed E-state index contributed by atoms with van der Waals surface area (Å²) in [4.78, 5) is 10.4. The van der Waals surface area contributed by atoms with E-state index in [0.29, 0.717) is 5.82 Å². The zero-order chi connectivity index (χ0) is 40.3. The van der Waals surface area contributed by atoms with E-state index in [0.717, 1.165) is 33.8 Å². The first-order valence-electron chi connectivity index (χ1n) is 20.8. The lowest BCUT2D eigenvalue weighted by Crippen LogP contribution is -1.96. The summed E-state index contributed by atoms with van der Waals surface area (Å²) in [6.07, 6.45) is 0. The third kappa shape index (κ3) is 5.90. The van der Waals surface area contributed by atoms with E-state index < -0.39 is 0 Å². The van der Waals surface area contributed by atoms with Crippen LogP contribution in [-0.2, 0) is 0 Å². The van der Waals surface area contributed by atoms with E-state index in [9.17, 15) is 0 Å². The Morgan fingerprint density at radius 1 is 0.279 bits per heavy atom. The van der Waals surface area contributed by atoms with Gasteiger partial charge in [0.2, 0.25) is 0 Å².